The molecule has 1 aromatic rings. The fraction of sp³-hybridized carbons (Fsp3) is 0. The molecule has 0 aromatic heterocycles. The molecule has 0 radical (unpaired) electrons. The van der Waals surface area contributed by atoms with Crippen LogP contribution in [0, 0.1) is 11.3 Å². The van der Waals surface area contributed by atoms with Gasteiger partial charge < -0.3 is 9.91 Å². The van der Waals surface area contributed by atoms with Crippen LogP contribution in [0.3, 0.4) is 0 Å². The molecule has 0 heterocycles. The van der Waals surface area contributed by atoms with Crippen LogP contribution in [0.15, 0.2) is 24.3 Å². The highest BCUT2D eigenvalue weighted by atomic mass is 17.3. The van der Waals surface area contributed by atoms with Crippen LogP contribution in [0.1, 0.15) is 5.56 Å². The lowest BCUT2D eigenvalue weighted by atomic mass is 10.2. The van der Waals surface area contributed by atoms with Gasteiger partial charge in [-0.05, 0) is 24.3 Å². The molecule has 0 atom stereocenters. The fourth-order valence-electron chi connectivity index (χ4n) is 0.699. The van der Waals surface area contributed by atoms with Crippen molar-refractivity contribution in [3.63, 3.8) is 0 Å². The molecule has 0 unspecified atom stereocenters. The van der Waals surface area contributed by atoms with E-state index in [4.69, 9.17) is 15.5 Å². The summed E-state index contributed by atoms with van der Waals surface area (Å²) in [7, 11) is -1.87. The van der Waals surface area contributed by atoms with E-state index in [9.17, 15) is 0 Å². The standard InChI is InChI=1S/C7H6BNO5/c9-5-6-1-3-7(4-2-6)12-14-8(10)13-11/h1-4,10-11H. The van der Waals surface area contributed by atoms with Crippen LogP contribution in [0.4, 0.5) is 0 Å². The Labute approximate surface area is 79.9 Å². The largest absolute Gasteiger partial charge is 0.703 e. The van der Waals surface area contributed by atoms with Gasteiger partial charge in [0.25, 0.3) is 0 Å². The number of hydrogen-bond acceptors (Lipinski definition) is 6. The van der Waals surface area contributed by atoms with Crippen molar-refractivity contribution in [3.8, 4) is 11.8 Å². The zero-order valence-electron chi connectivity index (χ0n) is 6.95. The topological polar surface area (TPSA) is 91.9 Å². The van der Waals surface area contributed by atoms with E-state index in [1.807, 2.05) is 6.07 Å². The monoisotopic (exact) mass is 195 g/mol. The minimum atomic E-state index is -1.87. The maximum atomic E-state index is 8.55. The summed E-state index contributed by atoms with van der Waals surface area (Å²) >= 11 is 0. The smallest absolute Gasteiger partial charge is 0.398 e. The second-order valence-electron chi connectivity index (χ2n) is 2.23. The first kappa shape index (κ1) is 10.5. The summed E-state index contributed by atoms with van der Waals surface area (Å²) in [5, 5.41) is 24.9. The molecule has 0 amide bonds. The highest BCUT2D eigenvalue weighted by Crippen LogP contribution is 2.11. The normalized spacial score (nSPS) is 9.21. The molecule has 0 aliphatic rings. The summed E-state index contributed by atoms with van der Waals surface area (Å²) in [6, 6.07) is 7.85. The minimum absolute atomic E-state index is 0.264. The lowest BCUT2D eigenvalue weighted by molar-refractivity contribution is -0.229. The Morgan fingerprint density at radius 2 is 1.93 bits per heavy atom. The predicted octanol–water partition coefficient (Wildman–Crippen LogP) is 0.335. The van der Waals surface area contributed by atoms with Crippen LogP contribution in [-0.4, -0.2) is 17.6 Å². The van der Waals surface area contributed by atoms with E-state index in [2.05, 4.69) is 14.5 Å². The maximum Gasteiger partial charge on any atom is 0.703 e. The number of hydrogen-bond donors (Lipinski definition) is 2. The molecule has 0 spiro atoms. The molecule has 0 aliphatic carbocycles. The Kier molecular flexibility index (Phi) is 3.91. The van der Waals surface area contributed by atoms with Crippen molar-refractivity contribution in [2.24, 2.45) is 0 Å². The molecule has 0 saturated heterocycles. The van der Waals surface area contributed by atoms with Crippen molar-refractivity contribution in [1.29, 1.82) is 5.26 Å². The molecule has 6 nitrogen and oxygen atoms in total. The minimum Gasteiger partial charge on any atom is -0.398 e. The van der Waals surface area contributed by atoms with Gasteiger partial charge >= 0.3 is 7.32 Å². The van der Waals surface area contributed by atoms with Gasteiger partial charge in [0, 0.05) is 0 Å². The van der Waals surface area contributed by atoms with Crippen molar-refractivity contribution in [2.75, 3.05) is 0 Å². The molecular weight excluding hydrogens is 189 g/mol. The lowest BCUT2D eigenvalue weighted by Gasteiger charge is -2.04. The molecule has 2 N–H and O–H groups in total. The number of nitrogens with zero attached hydrogens (tertiary/aromatic N) is 1. The second-order valence-corrected chi connectivity index (χ2v) is 2.23. The molecule has 0 aliphatic heterocycles. The third-order valence-corrected chi connectivity index (χ3v) is 1.30. The van der Waals surface area contributed by atoms with Crippen molar-refractivity contribution in [3.05, 3.63) is 29.8 Å². The zero-order valence-corrected chi connectivity index (χ0v) is 6.95. The van der Waals surface area contributed by atoms with E-state index in [0.717, 1.165) is 0 Å². The van der Waals surface area contributed by atoms with Crippen LogP contribution >= 0.6 is 0 Å². The van der Waals surface area contributed by atoms with Gasteiger partial charge in [-0.1, -0.05) is 0 Å². The Morgan fingerprint density at radius 1 is 1.29 bits per heavy atom. The second kappa shape index (κ2) is 5.21. The fourth-order valence-corrected chi connectivity index (χ4v) is 0.699. The van der Waals surface area contributed by atoms with E-state index >= 15 is 0 Å². The van der Waals surface area contributed by atoms with E-state index in [0.29, 0.717) is 5.56 Å². The predicted molar refractivity (Wildman–Crippen MR) is 44.6 cm³/mol. The average molecular weight is 195 g/mol. The molecule has 0 fully saturated rings. The highest BCUT2D eigenvalue weighted by Gasteiger charge is 2.17. The van der Waals surface area contributed by atoms with Gasteiger partial charge in [0.2, 0.25) is 0 Å². The van der Waals surface area contributed by atoms with Crippen LogP contribution in [-0.2, 0) is 9.61 Å². The summed E-state index contributed by atoms with van der Waals surface area (Å²) in [5.41, 5.74) is 0.469. The van der Waals surface area contributed by atoms with Gasteiger partial charge in [0.15, 0.2) is 5.75 Å². The summed E-state index contributed by atoms with van der Waals surface area (Å²) in [5.74, 6) is 0.264. The molecule has 1 aromatic carbocycles. The summed E-state index contributed by atoms with van der Waals surface area (Å²) in [6.07, 6.45) is 0. The van der Waals surface area contributed by atoms with Crippen molar-refractivity contribution < 1.29 is 24.8 Å². The highest BCUT2D eigenvalue weighted by molar-refractivity contribution is 6.33. The summed E-state index contributed by atoms with van der Waals surface area (Å²) in [4.78, 5) is 12.0. The van der Waals surface area contributed by atoms with Crippen molar-refractivity contribution >= 4 is 7.32 Å². The van der Waals surface area contributed by atoms with Crippen LogP contribution in [0.2, 0.25) is 0 Å². The Balaban J connectivity index is 2.49. The zero-order chi connectivity index (χ0) is 10.4. The third-order valence-electron chi connectivity index (χ3n) is 1.30. The third kappa shape index (κ3) is 3.04. The first-order valence-electron chi connectivity index (χ1n) is 3.58. The quantitative estimate of drug-likeness (QED) is 0.408. The van der Waals surface area contributed by atoms with Crippen LogP contribution in [0.25, 0.3) is 0 Å². The van der Waals surface area contributed by atoms with Crippen molar-refractivity contribution in [1.82, 2.24) is 0 Å². The van der Waals surface area contributed by atoms with Crippen molar-refractivity contribution in [2.45, 2.75) is 0 Å². The maximum absolute atomic E-state index is 8.55. The first-order valence-corrected chi connectivity index (χ1v) is 3.58. The number of nitriles is 1. The Hall–Kier alpha value is -1.59. The van der Waals surface area contributed by atoms with E-state index < -0.39 is 7.32 Å². The average Bonchev–Trinajstić information content (AvgIpc) is 2.26. The van der Waals surface area contributed by atoms with E-state index in [-0.39, 0.29) is 5.75 Å². The SMILES string of the molecule is N#Cc1ccc(OOB(O)OO)cc1. The van der Waals surface area contributed by atoms with Gasteiger partial charge in [-0.2, -0.15) is 10.1 Å². The number of benzene rings is 1. The van der Waals surface area contributed by atoms with Crippen LogP contribution < -0.4 is 4.89 Å². The van der Waals surface area contributed by atoms with Gasteiger partial charge in [-0.3, -0.25) is 5.26 Å². The molecule has 0 saturated carbocycles. The first-order chi connectivity index (χ1) is 6.76. The molecule has 1 rings (SSSR count). The van der Waals surface area contributed by atoms with Gasteiger partial charge in [-0.15, -0.1) is 0 Å². The summed E-state index contributed by atoms with van der Waals surface area (Å²) < 4.78 is 0. The van der Waals surface area contributed by atoms with Gasteiger partial charge in [0.1, 0.15) is 0 Å². The Bertz CT molecular complexity index is 322. The number of rotatable bonds is 4. The Morgan fingerprint density at radius 3 is 2.43 bits per heavy atom. The molecule has 0 bridgehead atoms. The molecule has 7 heteroatoms. The molecular formula is C7H6BNO5. The van der Waals surface area contributed by atoms with Gasteiger partial charge in [-0.25, -0.2) is 4.81 Å². The molecule has 72 valence electrons. The summed E-state index contributed by atoms with van der Waals surface area (Å²) in [6.45, 7) is 0. The lowest BCUT2D eigenvalue weighted by Crippen LogP contribution is -2.22. The van der Waals surface area contributed by atoms with E-state index in [1.165, 1.54) is 24.3 Å². The van der Waals surface area contributed by atoms with E-state index in [1.54, 1.807) is 0 Å². The molecule has 14 heavy (non-hydrogen) atoms. The van der Waals surface area contributed by atoms with Gasteiger partial charge in [0.05, 0.1) is 11.6 Å². The van der Waals surface area contributed by atoms with Crippen LogP contribution in [0.5, 0.6) is 5.75 Å².